The molecule has 0 rings (SSSR count). The lowest BCUT2D eigenvalue weighted by atomic mass is 10.00. The molecule has 0 fully saturated rings. The first-order valence-corrected chi connectivity index (χ1v) is 4.14. The van der Waals surface area contributed by atoms with Crippen LogP contribution in [0.2, 0.25) is 0 Å². The van der Waals surface area contributed by atoms with Crippen molar-refractivity contribution in [1.82, 2.24) is 0 Å². The number of hydrogen-bond acceptors (Lipinski definition) is 2. The molecule has 0 aliphatic heterocycles. The summed E-state index contributed by atoms with van der Waals surface area (Å²) >= 11 is 0. The van der Waals surface area contributed by atoms with Crippen molar-refractivity contribution in [3.8, 4) is 0 Å². The zero-order valence-corrected chi connectivity index (χ0v) is 7.88. The van der Waals surface area contributed by atoms with Crippen LogP contribution in [0.15, 0.2) is 24.3 Å². The Bertz CT molecular complexity index is 169. The van der Waals surface area contributed by atoms with Crippen LogP contribution in [0.4, 0.5) is 0 Å². The summed E-state index contributed by atoms with van der Waals surface area (Å²) in [6.45, 7) is 7.21. The molecule has 0 amide bonds. The van der Waals surface area contributed by atoms with E-state index in [4.69, 9.17) is 5.11 Å². The summed E-state index contributed by atoms with van der Waals surface area (Å²) in [5.74, 6) is 0. The molecule has 12 heavy (non-hydrogen) atoms. The van der Waals surface area contributed by atoms with Crippen LogP contribution in [0, 0.1) is 0 Å². The van der Waals surface area contributed by atoms with E-state index < -0.39 is 5.60 Å². The van der Waals surface area contributed by atoms with Gasteiger partial charge in [-0.25, -0.2) is 0 Å². The van der Waals surface area contributed by atoms with Crippen LogP contribution in [-0.2, 0) is 0 Å². The van der Waals surface area contributed by atoms with Crippen molar-refractivity contribution < 1.29 is 10.2 Å². The summed E-state index contributed by atoms with van der Waals surface area (Å²) < 4.78 is 0. The zero-order valence-electron chi connectivity index (χ0n) is 7.88. The standard InChI is InChI=1S/C10H18O2/c1-4-10(3,12)7-5-6-9(2)8-11/h4,6,11-12H,1,5,7-8H2,2-3H3/b9-6+/t10-/m1/s1. The molecule has 70 valence electrons. The third-order valence-corrected chi connectivity index (χ3v) is 1.83. The highest BCUT2D eigenvalue weighted by Crippen LogP contribution is 2.13. The lowest BCUT2D eigenvalue weighted by Gasteiger charge is -2.16. The summed E-state index contributed by atoms with van der Waals surface area (Å²) in [7, 11) is 0. The minimum Gasteiger partial charge on any atom is -0.392 e. The van der Waals surface area contributed by atoms with Crippen molar-refractivity contribution in [2.75, 3.05) is 6.61 Å². The molecule has 0 aliphatic rings. The van der Waals surface area contributed by atoms with E-state index >= 15 is 0 Å². The summed E-state index contributed by atoms with van der Waals surface area (Å²) in [4.78, 5) is 0. The van der Waals surface area contributed by atoms with Gasteiger partial charge in [0.15, 0.2) is 0 Å². The van der Waals surface area contributed by atoms with Crippen molar-refractivity contribution >= 4 is 0 Å². The summed E-state index contributed by atoms with van der Waals surface area (Å²) in [5.41, 5.74) is 0.154. The van der Waals surface area contributed by atoms with Crippen molar-refractivity contribution in [3.63, 3.8) is 0 Å². The molecule has 0 unspecified atom stereocenters. The zero-order chi connectivity index (χ0) is 9.61. The van der Waals surface area contributed by atoms with Crippen molar-refractivity contribution in [2.24, 2.45) is 0 Å². The first-order valence-electron chi connectivity index (χ1n) is 4.14. The monoisotopic (exact) mass is 170 g/mol. The Balaban J connectivity index is 3.77. The summed E-state index contributed by atoms with van der Waals surface area (Å²) in [5, 5.41) is 18.2. The molecule has 0 spiro atoms. The highest BCUT2D eigenvalue weighted by molar-refractivity contribution is 5.00. The lowest BCUT2D eigenvalue weighted by Crippen LogP contribution is -2.19. The first-order chi connectivity index (χ1) is 5.52. The van der Waals surface area contributed by atoms with Gasteiger partial charge in [-0.2, -0.15) is 0 Å². The minimum atomic E-state index is -0.785. The van der Waals surface area contributed by atoms with E-state index in [1.807, 2.05) is 13.0 Å². The van der Waals surface area contributed by atoms with Crippen LogP contribution in [0.25, 0.3) is 0 Å². The Hall–Kier alpha value is -0.600. The highest BCUT2D eigenvalue weighted by atomic mass is 16.3. The second-order valence-corrected chi connectivity index (χ2v) is 3.31. The molecule has 2 heteroatoms. The fourth-order valence-corrected chi connectivity index (χ4v) is 0.777. The molecule has 0 saturated carbocycles. The van der Waals surface area contributed by atoms with Gasteiger partial charge >= 0.3 is 0 Å². The molecule has 2 nitrogen and oxygen atoms in total. The van der Waals surface area contributed by atoms with Gasteiger partial charge in [0.1, 0.15) is 0 Å². The van der Waals surface area contributed by atoms with Crippen LogP contribution < -0.4 is 0 Å². The molecular weight excluding hydrogens is 152 g/mol. The SMILES string of the molecule is C=C[C@@](C)(O)CC/C=C(\C)CO. The van der Waals surface area contributed by atoms with Crippen LogP contribution in [-0.4, -0.2) is 22.4 Å². The number of aliphatic hydroxyl groups is 2. The number of aliphatic hydroxyl groups excluding tert-OH is 1. The molecule has 0 heterocycles. The molecule has 0 radical (unpaired) electrons. The third-order valence-electron chi connectivity index (χ3n) is 1.83. The van der Waals surface area contributed by atoms with Crippen LogP contribution >= 0.6 is 0 Å². The second-order valence-electron chi connectivity index (χ2n) is 3.31. The Morgan fingerprint density at radius 3 is 2.58 bits per heavy atom. The maximum Gasteiger partial charge on any atom is 0.0800 e. The number of hydrogen-bond donors (Lipinski definition) is 2. The maximum absolute atomic E-state index is 9.50. The molecule has 0 aromatic rings. The molecule has 2 N–H and O–H groups in total. The van der Waals surface area contributed by atoms with E-state index in [0.717, 1.165) is 12.0 Å². The van der Waals surface area contributed by atoms with Gasteiger partial charge in [-0.1, -0.05) is 17.7 Å². The van der Waals surface area contributed by atoms with E-state index in [9.17, 15) is 5.11 Å². The van der Waals surface area contributed by atoms with Gasteiger partial charge in [-0.15, -0.1) is 6.58 Å². The largest absolute Gasteiger partial charge is 0.392 e. The molecule has 0 saturated heterocycles. The lowest BCUT2D eigenvalue weighted by molar-refractivity contribution is 0.103. The average molecular weight is 170 g/mol. The Kier molecular flexibility index (Phi) is 4.86. The van der Waals surface area contributed by atoms with Gasteiger partial charge in [-0.3, -0.25) is 0 Å². The van der Waals surface area contributed by atoms with E-state index in [1.165, 1.54) is 6.08 Å². The Morgan fingerprint density at radius 2 is 2.17 bits per heavy atom. The van der Waals surface area contributed by atoms with E-state index in [0.29, 0.717) is 6.42 Å². The maximum atomic E-state index is 9.50. The van der Waals surface area contributed by atoms with Gasteiger partial charge in [0.2, 0.25) is 0 Å². The average Bonchev–Trinajstić information content (AvgIpc) is 2.04. The van der Waals surface area contributed by atoms with Gasteiger partial charge < -0.3 is 10.2 Å². The molecule has 0 aromatic carbocycles. The first kappa shape index (κ1) is 11.4. The number of rotatable bonds is 5. The molecular formula is C10H18O2. The van der Waals surface area contributed by atoms with E-state index in [1.54, 1.807) is 6.92 Å². The van der Waals surface area contributed by atoms with Crippen LogP contribution in [0.1, 0.15) is 26.7 Å². The Morgan fingerprint density at radius 1 is 1.58 bits per heavy atom. The number of allylic oxidation sites excluding steroid dienone is 1. The Labute approximate surface area is 74.2 Å². The van der Waals surface area contributed by atoms with Gasteiger partial charge in [0, 0.05) is 0 Å². The predicted octanol–water partition coefficient (Wildman–Crippen LogP) is 1.64. The fraction of sp³-hybridized carbons (Fsp3) is 0.600. The van der Waals surface area contributed by atoms with Gasteiger partial charge in [0.25, 0.3) is 0 Å². The van der Waals surface area contributed by atoms with Crippen molar-refractivity contribution in [3.05, 3.63) is 24.3 Å². The predicted molar refractivity (Wildman–Crippen MR) is 50.9 cm³/mol. The third kappa shape index (κ3) is 5.10. The molecule has 1 atom stereocenters. The normalized spacial score (nSPS) is 17.2. The minimum absolute atomic E-state index is 0.0935. The molecule has 0 aromatic heterocycles. The van der Waals surface area contributed by atoms with Crippen LogP contribution in [0.3, 0.4) is 0 Å². The van der Waals surface area contributed by atoms with E-state index in [2.05, 4.69) is 6.58 Å². The fourth-order valence-electron chi connectivity index (χ4n) is 0.777. The quantitative estimate of drug-likeness (QED) is 0.616. The van der Waals surface area contributed by atoms with Gasteiger partial charge in [0.05, 0.1) is 12.2 Å². The summed E-state index contributed by atoms with van der Waals surface area (Å²) in [6.07, 6.45) is 4.88. The highest BCUT2D eigenvalue weighted by Gasteiger charge is 2.12. The van der Waals surface area contributed by atoms with Crippen LogP contribution in [0.5, 0.6) is 0 Å². The topological polar surface area (TPSA) is 40.5 Å². The molecule has 0 aliphatic carbocycles. The van der Waals surface area contributed by atoms with E-state index in [-0.39, 0.29) is 6.61 Å². The van der Waals surface area contributed by atoms with Crippen molar-refractivity contribution in [1.29, 1.82) is 0 Å². The summed E-state index contributed by atoms with van der Waals surface area (Å²) in [6, 6.07) is 0. The van der Waals surface area contributed by atoms with Crippen molar-refractivity contribution in [2.45, 2.75) is 32.3 Å². The van der Waals surface area contributed by atoms with Gasteiger partial charge in [-0.05, 0) is 26.7 Å². The smallest absolute Gasteiger partial charge is 0.0800 e. The second kappa shape index (κ2) is 5.12. The molecule has 0 bridgehead atoms.